The van der Waals surface area contributed by atoms with Gasteiger partial charge in [-0.1, -0.05) is 0 Å². The van der Waals surface area contributed by atoms with Gasteiger partial charge in [-0.15, -0.1) is 0 Å². The van der Waals surface area contributed by atoms with E-state index in [9.17, 15) is 14.4 Å². The van der Waals surface area contributed by atoms with E-state index in [1.54, 1.807) is 0 Å². The third-order valence-corrected chi connectivity index (χ3v) is 4.23. The van der Waals surface area contributed by atoms with Crippen LogP contribution in [-0.2, 0) is 0 Å². The molecule has 0 bridgehead atoms. The number of carbonyl (C=O) groups excluding carboxylic acids is 3. The summed E-state index contributed by atoms with van der Waals surface area (Å²) >= 11 is 0. The van der Waals surface area contributed by atoms with E-state index >= 15 is 0 Å². The minimum Gasteiger partial charge on any atom is -0.423 e. The number of aromatic nitrogens is 3. The Morgan fingerprint density at radius 3 is 0.939 bits per heavy atom. The molecule has 0 saturated heterocycles. The molecule has 1 aromatic carbocycles. The predicted molar refractivity (Wildman–Crippen MR) is 114 cm³/mol. The van der Waals surface area contributed by atoms with Crippen LogP contribution in [0.2, 0.25) is 0 Å². The monoisotopic (exact) mass is 441 g/mol. The molecule has 0 unspecified atom stereocenters. The lowest BCUT2D eigenvalue weighted by atomic mass is 10.2. The standard InChI is InChI=1S/C24H15N3O6/c28-22(16-1-7-25-8-2-16)31-19-13-20(32-23(29)17-3-9-26-10-4-17)15-21(14-19)33-24(30)18-5-11-27-12-6-18/h1-15H. The van der Waals surface area contributed by atoms with Gasteiger partial charge in [-0.25, -0.2) is 14.4 Å². The van der Waals surface area contributed by atoms with E-state index in [-0.39, 0.29) is 33.9 Å². The highest BCUT2D eigenvalue weighted by Crippen LogP contribution is 2.29. The first kappa shape index (κ1) is 21.3. The Kier molecular flexibility index (Phi) is 6.41. The minimum atomic E-state index is -0.665. The number of hydrogen-bond donors (Lipinski definition) is 0. The van der Waals surface area contributed by atoms with Crippen LogP contribution in [0.25, 0.3) is 0 Å². The molecular weight excluding hydrogens is 426 g/mol. The number of hydrogen-bond acceptors (Lipinski definition) is 9. The van der Waals surface area contributed by atoms with Gasteiger partial charge in [0.1, 0.15) is 17.2 Å². The van der Waals surface area contributed by atoms with Crippen molar-refractivity contribution in [3.05, 3.63) is 108 Å². The van der Waals surface area contributed by atoms with Gasteiger partial charge in [0.25, 0.3) is 0 Å². The zero-order valence-corrected chi connectivity index (χ0v) is 17.0. The molecule has 4 aromatic rings. The van der Waals surface area contributed by atoms with E-state index in [0.29, 0.717) is 0 Å². The maximum atomic E-state index is 12.4. The normalized spacial score (nSPS) is 10.2. The summed E-state index contributed by atoms with van der Waals surface area (Å²) in [5.41, 5.74) is 0.790. The molecule has 3 heterocycles. The van der Waals surface area contributed by atoms with Crippen molar-refractivity contribution in [2.45, 2.75) is 0 Å². The van der Waals surface area contributed by atoms with E-state index in [0.717, 1.165) is 0 Å². The smallest absolute Gasteiger partial charge is 0.343 e. The van der Waals surface area contributed by atoms with E-state index in [1.807, 2.05) is 0 Å². The molecule has 0 atom stereocenters. The van der Waals surface area contributed by atoms with Crippen LogP contribution in [0.15, 0.2) is 91.8 Å². The van der Waals surface area contributed by atoms with Gasteiger partial charge < -0.3 is 14.2 Å². The number of pyridine rings is 3. The summed E-state index contributed by atoms with van der Waals surface area (Å²) in [6.45, 7) is 0. The number of esters is 3. The fraction of sp³-hybridized carbons (Fsp3) is 0. The van der Waals surface area contributed by atoms with Gasteiger partial charge in [0.15, 0.2) is 0 Å². The number of carbonyl (C=O) groups is 3. The van der Waals surface area contributed by atoms with Crippen molar-refractivity contribution in [1.29, 1.82) is 0 Å². The number of rotatable bonds is 6. The number of ether oxygens (including phenoxy) is 3. The van der Waals surface area contributed by atoms with Gasteiger partial charge in [-0.2, -0.15) is 0 Å². The highest BCUT2D eigenvalue weighted by molar-refractivity contribution is 5.93. The molecule has 4 rings (SSSR count). The van der Waals surface area contributed by atoms with Gasteiger partial charge in [-0.05, 0) is 36.4 Å². The van der Waals surface area contributed by atoms with Crippen LogP contribution < -0.4 is 14.2 Å². The summed E-state index contributed by atoms with van der Waals surface area (Å²) in [6.07, 6.45) is 8.70. The van der Waals surface area contributed by atoms with E-state index in [1.165, 1.54) is 91.8 Å². The first-order valence-electron chi connectivity index (χ1n) is 9.60. The molecule has 9 heteroatoms. The molecule has 0 saturated carbocycles. The summed E-state index contributed by atoms with van der Waals surface area (Å²) < 4.78 is 16.2. The van der Waals surface area contributed by atoms with Gasteiger partial charge >= 0.3 is 17.9 Å². The number of nitrogens with zero attached hydrogens (tertiary/aromatic N) is 3. The molecule has 0 aliphatic heterocycles. The fourth-order valence-electron chi connectivity index (χ4n) is 2.68. The lowest BCUT2D eigenvalue weighted by Gasteiger charge is -2.11. The summed E-state index contributed by atoms with van der Waals surface area (Å²) in [5, 5.41) is 0. The molecule has 0 amide bonds. The zero-order valence-electron chi connectivity index (χ0n) is 17.0. The average molecular weight is 441 g/mol. The van der Waals surface area contributed by atoms with Crippen LogP contribution >= 0.6 is 0 Å². The van der Waals surface area contributed by atoms with Crippen LogP contribution in [0.3, 0.4) is 0 Å². The molecule has 3 aromatic heterocycles. The van der Waals surface area contributed by atoms with Crippen LogP contribution in [-0.4, -0.2) is 32.9 Å². The summed E-state index contributed by atoms with van der Waals surface area (Å²) in [6, 6.07) is 12.9. The van der Waals surface area contributed by atoms with Crippen molar-refractivity contribution in [1.82, 2.24) is 15.0 Å². The Morgan fingerprint density at radius 1 is 0.455 bits per heavy atom. The molecule has 0 spiro atoms. The van der Waals surface area contributed by atoms with Crippen molar-refractivity contribution in [3.63, 3.8) is 0 Å². The Morgan fingerprint density at radius 2 is 0.697 bits per heavy atom. The van der Waals surface area contributed by atoms with Crippen molar-refractivity contribution < 1.29 is 28.6 Å². The first-order chi connectivity index (χ1) is 16.1. The largest absolute Gasteiger partial charge is 0.423 e. The van der Waals surface area contributed by atoms with Crippen molar-refractivity contribution in [2.75, 3.05) is 0 Å². The van der Waals surface area contributed by atoms with Gasteiger partial charge in [0, 0.05) is 55.4 Å². The van der Waals surface area contributed by atoms with Crippen molar-refractivity contribution >= 4 is 17.9 Å². The van der Waals surface area contributed by atoms with E-state index in [4.69, 9.17) is 14.2 Å². The van der Waals surface area contributed by atoms with E-state index < -0.39 is 17.9 Å². The van der Waals surface area contributed by atoms with Crippen LogP contribution in [0.1, 0.15) is 31.1 Å². The SMILES string of the molecule is O=C(Oc1cc(OC(=O)c2ccncc2)cc(OC(=O)c2ccncc2)c1)c1ccncc1. The maximum Gasteiger partial charge on any atom is 0.343 e. The predicted octanol–water partition coefficient (Wildman–Crippen LogP) is 3.53. The minimum absolute atomic E-state index is 0.00867. The molecule has 9 nitrogen and oxygen atoms in total. The highest BCUT2D eigenvalue weighted by atomic mass is 16.6. The molecule has 0 radical (unpaired) electrons. The second-order valence-corrected chi connectivity index (χ2v) is 6.52. The summed E-state index contributed by atoms with van der Waals surface area (Å²) in [7, 11) is 0. The van der Waals surface area contributed by atoms with Crippen LogP contribution in [0.4, 0.5) is 0 Å². The Hall–Kier alpha value is -4.92. The third-order valence-electron chi connectivity index (χ3n) is 4.23. The van der Waals surface area contributed by atoms with Crippen molar-refractivity contribution in [2.24, 2.45) is 0 Å². The molecule has 0 aliphatic carbocycles. The fourth-order valence-corrected chi connectivity index (χ4v) is 2.68. The Labute approximate surface area is 187 Å². The molecule has 0 aliphatic rings. The van der Waals surface area contributed by atoms with Gasteiger partial charge in [-0.3, -0.25) is 15.0 Å². The molecular formula is C24H15N3O6. The second kappa shape index (κ2) is 9.92. The third kappa shape index (κ3) is 5.61. The number of benzene rings is 1. The average Bonchev–Trinajstić information content (AvgIpc) is 2.85. The first-order valence-corrected chi connectivity index (χ1v) is 9.60. The molecule has 0 N–H and O–H groups in total. The molecule has 162 valence electrons. The lowest BCUT2D eigenvalue weighted by molar-refractivity contribution is 0.0730. The topological polar surface area (TPSA) is 118 Å². The van der Waals surface area contributed by atoms with Crippen LogP contribution in [0, 0.1) is 0 Å². The van der Waals surface area contributed by atoms with Crippen LogP contribution in [0.5, 0.6) is 17.2 Å². The summed E-state index contributed by atoms with van der Waals surface area (Å²) in [4.78, 5) is 48.9. The van der Waals surface area contributed by atoms with E-state index in [2.05, 4.69) is 15.0 Å². The second-order valence-electron chi connectivity index (χ2n) is 6.52. The van der Waals surface area contributed by atoms with Gasteiger partial charge in [0.2, 0.25) is 0 Å². The highest BCUT2D eigenvalue weighted by Gasteiger charge is 2.16. The Balaban J connectivity index is 1.61. The Bertz CT molecular complexity index is 1110. The van der Waals surface area contributed by atoms with Gasteiger partial charge in [0.05, 0.1) is 16.7 Å². The zero-order chi connectivity index (χ0) is 23.0. The summed E-state index contributed by atoms with van der Waals surface area (Å²) in [5.74, 6) is -1.97. The lowest BCUT2D eigenvalue weighted by Crippen LogP contribution is -2.12. The maximum absolute atomic E-state index is 12.4. The van der Waals surface area contributed by atoms with Crippen molar-refractivity contribution in [3.8, 4) is 17.2 Å². The quantitative estimate of drug-likeness (QED) is 0.327. The molecule has 0 fully saturated rings. The molecule has 33 heavy (non-hydrogen) atoms.